The van der Waals surface area contributed by atoms with Gasteiger partial charge in [0.2, 0.25) is 10.0 Å². The fourth-order valence-corrected chi connectivity index (χ4v) is 4.02. The van der Waals surface area contributed by atoms with Crippen LogP contribution in [0.4, 0.5) is 15.8 Å². The summed E-state index contributed by atoms with van der Waals surface area (Å²) in [5.41, 5.74) is -0.357. The molecule has 1 saturated heterocycles. The summed E-state index contributed by atoms with van der Waals surface area (Å²) in [6.45, 7) is 0.626. The molecule has 10 nitrogen and oxygen atoms in total. The topological polar surface area (TPSA) is 135 Å². The minimum absolute atomic E-state index is 0.0329. The van der Waals surface area contributed by atoms with E-state index < -0.39 is 31.6 Å². The number of halogens is 1. The Balaban J connectivity index is 1.84. The fraction of sp³-hybridized carbons (Fsp3) is 0.267. The van der Waals surface area contributed by atoms with Gasteiger partial charge in [-0.05, 0) is 18.2 Å². The summed E-state index contributed by atoms with van der Waals surface area (Å²) in [7, 11) is -4.09. The highest BCUT2D eigenvalue weighted by molar-refractivity contribution is 7.89. The third kappa shape index (κ3) is 3.97. The average molecular weight is 398 g/mol. The molecule has 2 N–H and O–H groups in total. The molecule has 12 heteroatoms. The van der Waals surface area contributed by atoms with Crippen molar-refractivity contribution in [2.45, 2.75) is 4.90 Å². The molecule has 0 spiro atoms. The van der Waals surface area contributed by atoms with Gasteiger partial charge in [-0.2, -0.15) is 4.31 Å². The molecule has 144 valence electrons. The number of aromatic amines is 1. The van der Waals surface area contributed by atoms with Crippen LogP contribution in [0.2, 0.25) is 0 Å². The van der Waals surface area contributed by atoms with Crippen LogP contribution in [-0.4, -0.2) is 54.8 Å². The largest absolute Gasteiger partial charge is 0.379 e. The molecule has 0 saturated carbocycles. The van der Waals surface area contributed by atoms with E-state index in [0.717, 1.165) is 28.7 Å². The van der Waals surface area contributed by atoms with Crippen molar-refractivity contribution in [2.24, 2.45) is 0 Å². The molecule has 27 heavy (non-hydrogen) atoms. The quantitative estimate of drug-likeness (QED) is 0.576. The van der Waals surface area contributed by atoms with Crippen molar-refractivity contribution in [1.82, 2.24) is 9.29 Å². The first-order chi connectivity index (χ1) is 12.8. The van der Waals surface area contributed by atoms with E-state index in [1.165, 1.54) is 6.07 Å². The monoisotopic (exact) mass is 398 g/mol. The Bertz CT molecular complexity index is 984. The van der Waals surface area contributed by atoms with E-state index in [4.69, 9.17) is 4.74 Å². The van der Waals surface area contributed by atoms with Gasteiger partial charge < -0.3 is 15.0 Å². The zero-order valence-corrected chi connectivity index (χ0v) is 14.7. The van der Waals surface area contributed by atoms with Crippen molar-refractivity contribution in [1.29, 1.82) is 0 Å². The predicted octanol–water partition coefficient (Wildman–Crippen LogP) is 1.34. The van der Waals surface area contributed by atoms with Crippen LogP contribution in [0, 0.1) is 15.9 Å². The molecule has 0 unspecified atom stereocenters. The van der Waals surface area contributed by atoms with Gasteiger partial charge in [0.1, 0.15) is 16.4 Å². The average Bonchev–Trinajstić information content (AvgIpc) is 3.14. The van der Waals surface area contributed by atoms with Gasteiger partial charge in [-0.25, -0.2) is 12.8 Å². The molecule has 1 aliphatic rings. The highest BCUT2D eigenvalue weighted by Crippen LogP contribution is 2.24. The number of anilines is 1. The molecule has 1 aliphatic heterocycles. The molecular formula is C15H15FN4O6S. The number of hydrogen-bond acceptors (Lipinski definition) is 6. The molecule has 0 radical (unpaired) electrons. The predicted molar refractivity (Wildman–Crippen MR) is 91.4 cm³/mol. The van der Waals surface area contributed by atoms with Crippen LogP contribution in [0.15, 0.2) is 35.4 Å². The van der Waals surface area contributed by atoms with Gasteiger partial charge >= 0.3 is 0 Å². The van der Waals surface area contributed by atoms with Crippen LogP contribution in [-0.2, 0) is 14.8 Å². The van der Waals surface area contributed by atoms with E-state index in [0.29, 0.717) is 0 Å². The van der Waals surface area contributed by atoms with Gasteiger partial charge in [0.05, 0.1) is 24.3 Å². The zero-order chi connectivity index (χ0) is 19.6. The minimum atomic E-state index is -4.09. The SMILES string of the molecule is O=C(Nc1ccc(F)c(S(=O)(=O)N2CCOCC2)c1)c1cc([N+](=O)[O-])c[nH]1. The van der Waals surface area contributed by atoms with Crippen molar-refractivity contribution < 1.29 is 27.3 Å². The van der Waals surface area contributed by atoms with E-state index in [2.05, 4.69) is 10.3 Å². The standard InChI is InChI=1S/C15H15FN4O6S/c16-12-2-1-10(18-15(21)13-8-11(9-17-13)20(22)23)7-14(12)27(24,25)19-3-5-26-6-4-19/h1-2,7-9,17H,3-6H2,(H,18,21). The maximum atomic E-state index is 14.1. The Hall–Kier alpha value is -2.83. The molecule has 1 amide bonds. The third-order valence-corrected chi connectivity index (χ3v) is 5.81. The lowest BCUT2D eigenvalue weighted by Crippen LogP contribution is -2.40. The summed E-state index contributed by atoms with van der Waals surface area (Å²) in [5.74, 6) is -1.68. The molecule has 1 aromatic carbocycles. The molecular weight excluding hydrogens is 383 g/mol. The number of carbonyl (C=O) groups is 1. The van der Waals surface area contributed by atoms with Crippen molar-refractivity contribution in [3.8, 4) is 0 Å². The second kappa shape index (κ2) is 7.42. The van der Waals surface area contributed by atoms with Gasteiger partial charge in [-0.15, -0.1) is 0 Å². The van der Waals surface area contributed by atoms with Gasteiger partial charge in [-0.1, -0.05) is 0 Å². The smallest absolute Gasteiger partial charge is 0.287 e. The maximum absolute atomic E-state index is 14.1. The molecule has 0 aliphatic carbocycles. The Morgan fingerprint density at radius 3 is 2.63 bits per heavy atom. The van der Waals surface area contributed by atoms with Crippen molar-refractivity contribution in [3.05, 3.63) is 52.1 Å². The summed E-state index contributed by atoms with van der Waals surface area (Å²) in [5, 5.41) is 13.1. The summed E-state index contributed by atoms with van der Waals surface area (Å²) < 4.78 is 45.6. The lowest BCUT2D eigenvalue weighted by Gasteiger charge is -2.26. The number of hydrogen-bond donors (Lipinski definition) is 2. The molecule has 3 rings (SSSR count). The summed E-state index contributed by atoms with van der Waals surface area (Å²) in [4.78, 5) is 24.0. The molecule has 1 fully saturated rings. The second-order valence-electron chi connectivity index (χ2n) is 5.64. The van der Waals surface area contributed by atoms with Crippen LogP contribution < -0.4 is 5.32 Å². The third-order valence-electron chi connectivity index (χ3n) is 3.90. The van der Waals surface area contributed by atoms with Crippen LogP contribution in [0.3, 0.4) is 0 Å². The lowest BCUT2D eigenvalue weighted by atomic mass is 10.3. The molecule has 2 aromatic rings. The number of H-pyrrole nitrogens is 1. The van der Waals surface area contributed by atoms with Gasteiger partial charge in [0.15, 0.2) is 0 Å². The Morgan fingerprint density at radius 2 is 2.00 bits per heavy atom. The number of ether oxygens (including phenoxy) is 1. The molecule has 0 atom stereocenters. The van der Waals surface area contributed by atoms with E-state index in [-0.39, 0.29) is 43.4 Å². The number of carbonyl (C=O) groups excluding carboxylic acids is 1. The summed E-state index contributed by atoms with van der Waals surface area (Å²) in [6.07, 6.45) is 1.05. The van der Waals surface area contributed by atoms with Gasteiger partial charge in [0.25, 0.3) is 11.6 Å². The first kappa shape index (κ1) is 18.9. The Kier molecular flexibility index (Phi) is 5.21. The van der Waals surface area contributed by atoms with Crippen LogP contribution in [0.1, 0.15) is 10.5 Å². The number of nitrogens with one attached hydrogen (secondary N) is 2. The van der Waals surface area contributed by atoms with E-state index in [1.807, 2.05) is 0 Å². The van der Waals surface area contributed by atoms with Gasteiger partial charge in [0, 0.05) is 24.8 Å². The van der Waals surface area contributed by atoms with Crippen molar-refractivity contribution in [3.63, 3.8) is 0 Å². The van der Waals surface area contributed by atoms with Crippen LogP contribution >= 0.6 is 0 Å². The fourth-order valence-electron chi connectivity index (χ4n) is 2.52. The van der Waals surface area contributed by atoms with E-state index in [1.54, 1.807) is 0 Å². The first-order valence-corrected chi connectivity index (χ1v) is 9.24. The molecule has 2 heterocycles. The Morgan fingerprint density at radius 1 is 1.30 bits per heavy atom. The minimum Gasteiger partial charge on any atom is -0.379 e. The number of sulfonamides is 1. The number of nitro groups is 1. The van der Waals surface area contributed by atoms with E-state index in [9.17, 15) is 27.7 Å². The number of nitrogens with zero attached hydrogens (tertiary/aromatic N) is 2. The zero-order valence-electron chi connectivity index (χ0n) is 13.8. The summed E-state index contributed by atoms with van der Waals surface area (Å²) >= 11 is 0. The number of benzene rings is 1. The first-order valence-electron chi connectivity index (χ1n) is 7.80. The summed E-state index contributed by atoms with van der Waals surface area (Å²) in [6, 6.07) is 4.17. The van der Waals surface area contributed by atoms with Crippen molar-refractivity contribution in [2.75, 3.05) is 31.6 Å². The molecule has 0 bridgehead atoms. The van der Waals surface area contributed by atoms with E-state index >= 15 is 0 Å². The van der Waals surface area contributed by atoms with Gasteiger partial charge in [-0.3, -0.25) is 14.9 Å². The number of morpholine rings is 1. The highest BCUT2D eigenvalue weighted by atomic mass is 32.2. The Labute approximate surface area is 153 Å². The number of aromatic nitrogens is 1. The van der Waals surface area contributed by atoms with Crippen LogP contribution in [0.5, 0.6) is 0 Å². The van der Waals surface area contributed by atoms with Crippen LogP contribution in [0.25, 0.3) is 0 Å². The number of rotatable bonds is 5. The molecule has 1 aromatic heterocycles. The lowest BCUT2D eigenvalue weighted by molar-refractivity contribution is -0.384. The maximum Gasteiger partial charge on any atom is 0.287 e. The second-order valence-corrected chi connectivity index (χ2v) is 7.55. The normalized spacial score (nSPS) is 15.4. The number of amides is 1. The van der Waals surface area contributed by atoms with Crippen molar-refractivity contribution >= 4 is 27.3 Å². The highest BCUT2D eigenvalue weighted by Gasteiger charge is 2.29.